The Morgan fingerprint density at radius 3 is 2.77 bits per heavy atom. The number of carbonyl (C=O) groups excluding carboxylic acids is 1. The molecule has 0 aliphatic rings. The summed E-state index contributed by atoms with van der Waals surface area (Å²) in [4.78, 5) is 20.6. The van der Waals surface area contributed by atoms with Gasteiger partial charge in [0.15, 0.2) is 5.82 Å². The van der Waals surface area contributed by atoms with Crippen molar-refractivity contribution in [2.24, 2.45) is 12.8 Å². The highest BCUT2D eigenvalue weighted by Crippen LogP contribution is 2.18. The third kappa shape index (κ3) is 4.70. The van der Waals surface area contributed by atoms with Crippen molar-refractivity contribution in [3.8, 4) is 0 Å². The van der Waals surface area contributed by atoms with Crippen molar-refractivity contribution in [1.82, 2.24) is 19.9 Å². The van der Waals surface area contributed by atoms with E-state index in [1.54, 1.807) is 11.4 Å². The molecule has 0 unspecified atom stereocenters. The average molecular weight is 420 g/mol. The predicted octanol–water partition coefficient (Wildman–Crippen LogP) is 2.49. The molecular weight excluding hydrogens is 400 g/mol. The van der Waals surface area contributed by atoms with E-state index in [0.29, 0.717) is 37.1 Å². The first-order chi connectivity index (χ1) is 11.6. The second-order valence-electron chi connectivity index (χ2n) is 5.37. The maximum atomic E-state index is 13.8. The molecule has 0 fully saturated rings. The summed E-state index contributed by atoms with van der Waals surface area (Å²) < 4.78 is 15.6. The van der Waals surface area contributed by atoms with E-state index in [0.717, 1.165) is 16.3 Å². The number of thiazole rings is 1. The molecular formula is C16H20Cl2FN5OS. The molecule has 3 rings (SSSR count). The molecule has 0 radical (unpaired) electrons. The molecule has 2 aromatic heterocycles. The van der Waals surface area contributed by atoms with Crippen LogP contribution in [0.4, 0.5) is 4.39 Å². The molecule has 0 spiro atoms. The number of amides is 1. The number of hydrogen-bond acceptors (Lipinski definition) is 5. The van der Waals surface area contributed by atoms with Crippen LogP contribution in [0.25, 0.3) is 11.0 Å². The number of carbonyl (C=O) groups is 1. The Balaban J connectivity index is 0.00000169. The summed E-state index contributed by atoms with van der Waals surface area (Å²) >= 11 is 1.43. The Kier molecular flexibility index (Phi) is 8.42. The van der Waals surface area contributed by atoms with Gasteiger partial charge in [0.25, 0.3) is 5.91 Å². The van der Waals surface area contributed by atoms with Crippen LogP contribution in [0.5, 0.6) is 0 Å². The highest BCUT2D eigenvalue weighted by molar-refractivity contribution is 7.09. The summed E-state index contributed by atoms with van der Waals surface area (Å²) in [6, 6.07) is 4.87. The predicted molar refractivity (Wildman–Crippen MR) is 106 cm³/mol. The summed E-state index contributed by atoms with van der Waals surface area (Å²) in [6.45, 7) is 0.916. The van der Waals surface area contributed by atoms with Crippen molar-refractivity contribution >= 4 is 53.1 Å². The Morgan fingerprint density at radius 1 is 1.31 bits per heavy atom. The molecule has 2 heterocycles. The van der Waals surface area contributed by atoms with Crippen LogP contribution in [-0.2, 0) is 19.9 Å². The van der Waals surface area contributed by atoms with Crippen LogP contribution in [0.3, 0.4) is 0 Å². The van der Waals surface area contributed by atoms with Gasteiger partial charge >= 0.3 is 0 Å². The quantitative estimate of drug-likeness (QED) is 0.642. The summed E-state index contributed by atoms with van der Waals surface area (Å²) in [5, 5.41) is 5.40. The number of nitrogens with zero attached hydrogens (tertiary/aromatic N) is 3. The number of hydrogen-bond donors (Lipinski definition) is 2. The molecule has 1 aromatic carbocycles. The van der Waals surface area contributed by atoms with E-state index in [9.17, 15) is 9.18 Å². The fraction of sp³-hybridized carbons (Fsp3) is 0.312. The van der Waals surface area contributed by atoms with Crippen LogP contribution >= 0.6 is 36.2 Å². The Hall–Kier alpha value is -1.74. The van der Waals surface area contributed by atoms with Gasteiger partial charge in [-0.3, -0.25) is 4.79 Å². The molecule has 0 saturated heterocycles. The normalized spacial score (nSPS) is 10.3. The number of imidazole rings is 1. The Bertz CT molecular complexity index is 883. The van der Waals surface area contributed by atoms with Gasteiger partial charge in [0, 0.05) is 31.8 Å². The number of nitrogens with one attached hydrogen (secondary N) is 1. The fourth-order valence-electron chi connectivity index (χ4n) is 2.48. The highest BCUT2D eigenvalue weighted by atomic mass is 35.5. The monoisotopic (exact) mass is 419 g/mol. The van der Waals surface area contributed by atoms with Gasteiger partial charge in [-0.1, -0.05) is 6.07 Å². The van der Waals surface area contributed by atoms with Crippen molar-refractivity contribution in [3.05, 3.63) is 45.9 Å². The summed E-state index contributed by atoms with van der Waals surface area (Å²) in [7, 11) is 1.84. The number of halogens is 3. The zero-order valence-corrected chi connectivity index (χ0v) is 16.5. The summed E-state index contributed by atoms with van der Waals surface area (Å²) in [5.41, 5.74) is 6.97. The third-order valence-electron chi connectivity index (χ3n) is 3.73. The molecule has 0 bridgehead atoms. The van der Waals surface area contributed by atoms with Gasteiger partial charge in [0.05, 0.1) is 10.5 Å². The van der Waals surface area contributed by atoms with Crippen LogP contribution in [-0.4, -0.2) is 33.5 Å². The number of aromatic nitrogens is 3. The molecule has 10 heteroatoms. The Labute approximate surface area is 166 Å². The van der Waals surface area contributed by atoms with Gasteiger partial charge in [-0.2, -0.15) is 0 Å². The number of fused-ring (bicyclic) bond motifs is 1. The van der Waals surface area contributed by atoms with Crippen molar-refractivity contribution < 1.29 is 9.18 Å². The van der Waals surface area contributed by atoms with Crippen LogP contribution in [0.15, 0.2) is 23.6 Å². The minimum Gasteiger partial charge on any atom is -0.350 e. The smallest absolute Gasteiger partial charge is 0.270 e. The van der Waals surface area contributed by atoms with E-state index in [1.807, 2.05) is 17.7 Å². The van der Waals surface area contributed by atoms with E-state index in [4.69, 9.17) is 5.73 Å². The zero-order valence-electron chi connectivity index (χ0n) is 14.1. The van der Waals surface area contributed by atoms with E-state index in [-0.39, 0.29) is 36.5 Å². The lowest BCUT2D eigenvalue weighted by Gasteiger charge is -2.04. The molecule has 1 amide bonds. The largest absolute Gasteiger partial charge is 0.350 e. The molecule has 26 heavy (non-hydrogen) atoms. The first kappa shape index (κ1) is 22.3. The van der Waals surface area contributed by atoms with Crippen molar-refractivity contribution in [1.29, 1.82) is 0 Å². The zero-order chi connectivity index (χ0) is 17.1. The number of nitrogens with two attached hydrogens (primary N) is 1. The van der Waals surface area contributed by atoms with Crippen molar-refractivity contribution in [2.75, 3.05) is 13.1 Å². The summed E-state index contributed by atoms with van der Waals surface area (Å²) in [6.07, 6.45) is 1.18. The van der Waals surface area contributed by atoms with Gasteiger partial charge in [-0.15, -0.1) is 36.2 Å². The molecule has 3 N–H and O–H groups in total. The van der Waals surface area contributed by atoms with Gasteiger partial charge in [0.1, 0.15) is 17.0 Å². The molecule has 142 valence electrons. The van der Waals surface area contributed by atoms with E-state index >= 15 is 0 Å². The van der Waals surface area contributed by atoms with Gasteiger partial charge in [-0.25, -0.2) is 14.4 Å². The highest BCUT2D eigenvalue weighted by Gasteiger charge is 2.13. The van der Waals surface area contributed by atoms with Crippen LogP contribution in [0.2, 0.25) is 0 Å². The first-order valence-corrected chi connectivity index (χ1v) is 8.50. The van der Waals surface area contributed by atoms with Gasteiger partial charge in [0.2, 0.25) is 0 Å². The Morgan fingerprint density at radius 2 is 2.08 bits per heavy atom. The van der Waals surface area contributed by atoms with Crippen molar-refractivity contribution in [3.63, 3.8) is 0 Å². The maximum absolute atomic E-state index is 13.8. The van der Waals surface area contributed by atoms with Crippen LogP contribution < -0.4 is 11.1 Å². The van der Waals surface area contributed by atoms with E-state index < -0.39 is 0 Å². The minimum atomic E-state index is -0.340. The standard InChI is InChI=1S/C16H18FN5OS.2ClH/c1-22-12-4-2-3-10(17)15(12)21-13(22)6-8-19-16(23)11-9-24-14(20-11)5-7-18;;/h2-4,9H,5-8,18H2,1H3,(H,19,23);2*1H. The SMILES string of the molecule is Cl.Cl.Cn1c(CCNC(=O)c2csc(CCN)n2)nc2c(F)cccc21. The molecule has 0 saturated carbocycles. The lowest BCUT2D eigenvalue weighted by molar-refractivity contribution is 0.0949. The lowest BCUT2D eigenvalue weighted by atomic mass is 10.3. The summed E-state index contributed by atoms with van der Waals surface area (Å²) in [5.74, 6) is 0.158. The molecule has 0 atom stereocenters. The van der Waals surface area contributed by atoms with Crippen molar-refractivity contribution in [2.45, 2.75) is 12.8 Å². The number of rotatable bonds is 6. The second-order valence-corrected chi connectivity index (χ2v) is 6.31. The van der Waals surface area contributed by atoms with Crippen LogP contribution in [0, 0.1) is 5.82 Å². The minimum absolute atomic E-state index is 0. The molecule has 6 nitrogen and oxygen atoms in total. The third-order valence-corrected chi connectivity index (χ3v) is 4.64. The number of aryl methyl sites for hydroxylation is 1. The maximum Gasteiger partial charge on any atom is 0.270 e. The average Bonchev–Trinajstić information content (AvgIpc) is 3.15. The van der Waals surface area contributed by atoms with Gasteiger partial charge < -0.3 is 15.6 Å². The van der Waals surface area contributed by atoms with Gasteiger partial charge in [-0.05, 0) is 18.7 Å². The number of benzene rings is 1. The topological polar surface area (TPSA) is 85.8 Å². The lowest BCUT2D eigenvalue weighted by Crippen LogP contribution is -2.26. The molecule has 0 aliphatic heterocycles. The first-order valence-electron chi connectivity index (χ1n) is 7.62. The van der Waals surface area contributed by atoms with E-state index in [1.165, 1.54) is 17.4 Å². The molecule has 3 aromatic rings. The molecule has 0 aliphatic carbocycles. The van der Waals surface area contributed by atoms with Crippen LogP contribution in [0.1, 0.15) is 21.3 Å². The fourth-order valence-corrected chi connectivity index (χ4v) is 3.28. The number of para-hydroxylation sites is 1. The van der Waals surface area contributed by atoms with E-state index in [2.05, 4.69) is 15.3 Å². The second kappa shape index (κ2) is 9.82.